The van der Waals surface area contributed by atoms with Crippen LogP contribution >= 0.6 is 0 Å². The summed E-state index contributed by atoms with van der Waals surface area (Å²) in [4.78, 5) is 2.38. The molecule has 0 spiro atoms. The van der Waals surface area contributed by atoms with Crippen molar-refractivity contribution in [1.29, 1.82) is 0 Å². The van der Waals surface area contributed by atoms with Crippen LogP contribution in [0.1, 0.15) is 47.5 Å². The summed E-state index contributed by atoms with van der Waals surface area (Å²) in [6.07, 6.45) is 2.47. The summed E-state index contributed by atoms with van der Waals surface area (Å²) in [5.74, 6) is 0. The molecule has 3 unspecified atom stereocenters. The van der Waals surface area contributed by atoms with Crippen LogP contribution in [0, 0.1) is 5.41 Å². The Labute approximate surface area is 107 Å². The molecular weight excluding hydrogens is 212 g/mol. The Bertz CT molecular complexity index is 255. The average Bonchev–Trinajstić information content (AvgIpc) is 2.27. The summed E-state index contributed by atoms with van der Waals surface area (Å²) >= 11 is 0. The highest BCUT2D eigenvalue weighted by molar-refractivity contribution is 5.14. The van der Waals surface area contributed by atoms with E-state index in [1.807, 2.05) is 0 Å². The third-order valence-electron chi connectivity index (χ3n) is 4.88. The summed E-state index contributed by atoms with van der Waals surface area (Å²) in [6.45, 7) is 12.7. The van der Waals surface area contributed by atoms with Crippen LogP contribution in [-0.4, -0.2) is 42.8 Å². The maximum atomic E-state index is 6.57. The van der Waals surface area contributed by atoms with Gasteiger partial charge in [-0.15, -0.1) is 0 Å². The van der Waals surface area contributed by atoms with Gasteiger partial charge >= 0.3 is 0 Å². The van der Waals surface area contributed by atoms with Crippen LogP contribution in [0.4, 0.5) is 0 Å². The number of rotatable bonds is 6. The molecule has 1 aliphatic carbocycles. The zero-order valence-electron chi connectivity index (χ0n) is 12.4. The van der Waals surface area contributed by atoms with Crippen molar-refractivity contribution in [2.24, 2.45) is 11.1 Å². The highest BCUT2D eigenvalue weighted by Gasteiger charge is 2.58. The largest absolute Gasteiger partial charge is 0.378 e. The third-order valence-corrected chi connectivity index (χ3v) is 4.88. The summed E-state index contributed by atoms with van der Waals surface area (Å²) in [7, 11) is 2.17. The summed E-state index contributed by atoms with van der Waals surface area (Å²) < 4.78 is 5.76. The molecule has 0 bridgehead atoms. The monoisotopic (exact) mass is 242 g/mol. The van der Waals surface area contributed by atoms with Gasteiger partial charge in [0.1, 0.15) is 0 Å². The smallest absolute Gasteiger partial charge is 0.0662 e. The zero-order chi connectivity index (χ0) is 13.3. The van der Waals surface area contributed by atoms with Crippen LogP contribution in [0.3, 0.4) is 0 Å². The van der Waals surface area contributed by atoms with Crippen molar-refractivity contribution in [2.45, 2.75) is 65.1 Å². The van der Waals surface area contributed by atoms with E-state index in [1.54, 1.807) is 0 Å². The molecule has 0 heterocycles. The van der Waals surface area contributed by atoms with E-state index < -0.39 is 0 Å². The predicted octanol–water partition coefficient (Wildman–Crippen LogP) is 2.25. The van der Waals surface area contributed by atoms with E-state index in [9.17, 15) is 0 Å². The van der Waals surface area contributed by atoms with E-state index in [0.717, 1.165) is 19.6 Å². The van der Waals surface area contributed by atoms with Crippen molar-refractivity contribution >= 4 is 0 Å². The first-order valence-corrected chi connectivity index (χ1v) is 6.89. The van der Waals surface area contributed by atoms with E-state index in [4.69, 9.17) is 10.5 Å². The van der Waals surface area contributed by atoms with Gasteiger partial charge in [0.15, 0.2) is 0 Å². The Kier molecular flexibility index (Phi) is 4.61. The van der Waals surface area contributed by atoms with Crippen LogP contribution < -0.4 is 5.73 Å². The van der Waals surface area contributed by atoms with Gasteiger partial charge in [0.25, 0.3) is 0 Å². The summed E-state index contributed by atoms with van der Waals surface area (Å²) in [6, 6.07) is 0.595. The van der Waals surface area contributed by atoms with Crippen LogP contribution in [0.15, 0.2) is 0 Å². The van der Waals surface area contributed by atoms with Gasteiger partial charge in [0, 0.05) is 30.1 Å². The van der Waals surface area contributed by atoms with Crippen LogP contribution in [-0.2, 0) is 4.74 Å². The van der Waals surface area contributed by atoms with Gasteiger partial charge in [0.2, 0.25) is 0 Å². The zero-order valence-corrected chi connectivity index (χ0v) is 12.4. The quantitative estimate of drug-likeness (QED) is 0.776. The van der Waals surface area contributed by atoms with Crippen molar-refractivity contribution in [3.63, 3.8) is 0 Å². The molecule has 1 fully saturated rings. The van der Waals surface area contributed by atoms with E-state index in [-0.39, 0.29) is 11.0 Å². The molecular formula is C14H30N2O. The van der Waals surface area contributed by atoms with E-state index in [0.29, 0.717) is 12.1 Å². The first kappa shape index (κ1) is 14.9. The minimum absolute atomic E-state index is 0.0741. The molecule has 102 valence electrons. The lowest BCUT2D eigenvalue weighted by atomic mass is 9.54. The van der Waals surface area contributed by atoms with E-state index in [2.05, 4.69) is 46.6 Å². The van der Waals surface area contributed by atoms with Gasteiger partial charge < -0.3 is 15.4 Å². The lowest BCUT2D eigenvalue weighted by Crippen LogP contribution is -2.73. The number of ether oxygens (including phenoxy) is 1. The molecule has 0 radical (unpaired) electrons. The molecule has 3 atom stereocenters. The standard InChI is InChI=1S/C14H30N2O/c1-7-11(3)16(6)10-14(15)9-12(17-8-2)13(14,4)5/h11-12H,7-10,15H2,1-6H3. The number of hydrogen-bond donors (Lipinski definition) is 1. The molecule has 2 N–H and O–H groups in total. The normalized spacial score (nSPS) is 33.5. The van der Waals surface area contributed by atoms with E-state index >= 15 is 0 Å². The minimum Gasteiger partial charge on any atom is -0.378 e. The third kappa shape index (κ3) is 2.67. The number of likely N-dealkylation sites (N-methyl/N-ethyl adjacent to an activating group) is 1. The molecule has 0 amide bonds. The fourth-order valence-electron chi connectivity index (χ4n) is 2.69. The van der Waals surface area contributed by atoms with Gasteiger partial charge in [-0.1, -0.05) is 20.8 Å². The molecule has 3 nitrogen and oxygen atoms in total. The molecule has 0 aromatic rings. The maximum absolute atomic E-state index is 6.57. The second-order valence-electron chi connectivity index (χ2n) is 6.20. The van der Waals surface area contributed by atoms with Crippen molar-refractivity contribution in [2.75, 3.05) is 20.2 Å². The fourth-order valence-corrected chi connectivity index (χ4v) is 2.69. The predicted molar refractivity (Wildman–Crippen MR) is 73.1 cm³/mol. The molecule has 0 aromatic heterocycles. The van der Waals surface area contributed by atoms with Gasteiger partial charge in [-0.05, 0) is 33.7 Å². The average molecular weight is 242 g/mol. The van der Waals surface area contributed by atoms with Crippen LogP contribution in [0.25, 0.3) is 0 Å². The first-order chi connectivity index (χ1) is 7.78. The van der Waals surface area contributed by atoms with Crippen molar-refractivity contribution in [3.8, 4) is 0 Å². The Morgan fingerprint density at radius 1 is 1.41 bits per heavy atom. The van der Waals surface area contributed by atoms with Crippen molar-refractivity contribution in [1.82, 2.24) is 4.90 Å². The molecule has 0 aromatic carbocycles. The SMILES string of the molecule is CCOC1CC(N)(CN(C)C(C)CC)C1(C)C. The Hall–Kier alpha value is -0.120. The first-order valence-electron chi connectivity index (χ1n) is 6.89. The minimum atomic E-state index is -0.106. The lowest BCUT2D eigenvalue weighted by molar-refractivity contribution is -0.156. The van der Waals surface area contributed by atoms with Gasteiger partial charge in [0.05, 0.1) is 6.10 Å². The Morgan fingerprint density at radius 3 is 2.41 bits per heavy atom. The Morgan fingerprint density at radius 2 is 2.00 bits per heavy atom. The van der Waals surface area contributed by atoms with Crippen molar-refractivity contribution < 1.29 is 4.74 Å². The van der Waals surface area contributed by atoms with Gasteiger partial charge in [-0.2, -0.15) is 0 Å². The van der Waals surface area contributed by atoms with Crippen LogP contribution in [0.5, 0.6) is 0 Å². The topological polar surface area (TPSA) is 38.5 Å². The Balaban J connectivity index is 2.60. The summed E-state index contributed by atoms with van der Waals surface area (Å²) in [5, 5.41) is 0. The molecule has 0 saturated heterocycles. The molecule has 17 heavy (non-hydrogen) atoms. The second kappa shape index (κ2) is 5.25. The molecule has 1 saturated carbocycles. The summed E-state index contributed by atoms with van der Waals surface area (Å²) in [5.41, 5.74) is 6.54. The van der Waals surface area contributed by atoms with Gasteiger partial charge in [-0.25, -0.2) is 0 Å². The molecule has 1 rings (SSSR count). The number of nitrogens with two attached hydrogens (primary N) is 1. The van der Waals surface area contributed by atoms with Gasteiger partial charge in [-0.3, -0.25) is 0 Å². The van der Waals surface area contributed by atoms with E-state index in [1.165, 1.54) is 6.42 Å². The highest BCUT2D eigenvalue weighted by atomic mass is 16.5. The number of nitrogens with zero attached hydrogens (tertiary/aromatic N) is 1. The molecule has 0 aliphatic heterocycles. The maximum Gasteiger partial charge on any atom is 0.0662 e. The fraction of sp³-hybridized carbons (Fsp3) is 1.00. The highest BCUT2D eigenvalue weighted by Crippen LogP contribution is 2.50. The molecule has 1 aliphatic rings. The van der Waals surface area contributed by atoms with Crippen molar-refractivity contribution in [3.05, 3.63) is 0 Å². The second-order valence-corrected chi connectivity index (χ2v) is 6.20. The number of hydrogen-bond acceptors (Lipinski definition) is 3. The lowest BCUT2D eigenvalue weighted by Gasteiger charge is -2.60. The molecule has 3 heteroatoms. The van der Waals surface area contributed by atoms with Crippen LogP contribution in [0.2, 0.25) is 0 Å².